The minimum Gasteiger partial charge on any atom is -0.307 e. The number of carbonyl (C=O) groups is 1. The molecule has 8 heteroatoms. The molecule has 0 radical (unpaired) electrons. The van der Waals surface area contributed by atoms with Gasteiger partial charge in [0.2, 0.25) is 5.52 Å². The number of hydrogen-bond donors (Lipinski definition) is 1. The molecule has 0 saturated heterocycles. The number of nitrogens with one attached hydrogen (secondary N) is 1. The molecule has 0 aliphatic rings. The van der Waals surface area contributed by atoms with E-state index in [-0.39, 0.29) is 6.42 Å². The minimum absolute atomic E-state index is 0.0532. The average Bonchev–Trinajstić information content (AvgIpc) is 2.55. The summed E-state index contributed by atoms with van der Waals surface area (Å²) in [6, 6.07) is 0. The Kier molecular flexibility index (Phi) is 10.9. The van der Waals surface area contributed by atoms with Crippen LogP contribution in [0.15, 0.2) is 0 Å². The molecule has 6 nitrogen and oxygen atoms in total. The van der Waals surface area contributed by atoms with Crippen molar-refractivity contribution in [3.05, 3.63) is 0 Å². The maximum atomic E-state index is 12.5. The summed E-state index contributed by atoms with van der Waals surface area (Å²) in [5.41, 5.74) is -1.02. The van der Waals surface area contributed by atoms with E-state index in [1.807, 2.05) is 27.7 Å². The van der Waals surface area contributed by atoms with Crippen LogP contribution in [0.25, 0.3) is 0 Å². The highest BCUT2D eigenvalue weighted by molar-refractivity contribution is 7.84. The Labute approximate surface area is 155 Å². The molecule has 25 heavy (non-hydrogen) atoms. The van der Waals surface area contributed by atoms with Gasteiger partial charge in [-0.25, -0.2) is 8.93 Å². The molecule has 0 bridgehead atoms. The van der Waals surface area contributed by atoms with Crippen LogP contribution in [0.3, 0.4) is 0 Å². The van der Waals surface area contributed by atoms with Crippen molar-refractivity contribution >= 4 is 24.1 Å². The van der Waals surface area contributed by atoms with Gasteiger partial charge in [-0.15, -0.1) is 0 Å². The highest BCUT2D eigenvalue weighted by Crippen LogP contribution is 2.49. The van der Waals surface area contributed by atoms with E-state index in [4.69, 9.17) is 9.05 Å². The fraction of sp³-hybridized carbons (Fsp3) is 0.941. The fourth-order valence-corrected chi connectivity index (χ4v) is 4.24. The van der Waals surface area contributed by atoms with Crippen molar-refractivity contribution in [1.29, 1.82) is 0 Å². The Morgan fingerprint density at radius 3 is 2.04 bits per heavy atom. The van der Waals surface area contributed by atoms with E-state index >= 15 is 0 Å². The molecule has 2 atom stereocenters. The summed E-state index contributed by atoms with van der Waals surface area (Å²) in [5.74, 6) is 0. The number of carbonyl (C=O) groups excluding carboxylic acids is 1. The third-order valence-corrected chi connectivity index (χ3v) is 7.74. The normalized spacial score (nSPS) is 16.4. The summed E-state index contributed by atoms with van der Waals surface area (Å²) < 4.78 is 37.0. The first-order valence-electron chi connectivity index (χ1n) is 8.88. The van der Waals surface area contributed by atoms with Crippen molar-refractivity contribution < 1.29 is 22.6 Å². The van der Waals surface area contributed by atoms with Crippen LogP contribution in [0.4, 0.5) is 0 Å². The molecule has 0 saturated carbocycles. The Bertz CT molecular complexity index is 484. The van der Waals surface area contributed by atoms with E-state index in [0.29, 0.717) is 6.42 Å². The summed E-state index contributed by atoms with van der Waals surface area (Å²) in [4.78, 5) is 12.2. The topological polar surface area (TPSA) is 81.7 Å². The first kappa shape index (κ1) is 24.9. The van der Waals surface area contributed by atoms with Crippen molar-refractivity contribution in [3.8, 4) is 0 Å². The van der Waals surface area contributed by atoms with Crippen LogP contribution in [-0.4, -0.2) is 34.2 Å². The predicted molar refractivity (Wildman–Crippen MR) is 104 cm³/mol. The van der Waals surface area contributed by atoms with Crippen LogP contribution in [0, 0.1) is 0 Å². The van der Waals surface area contributed by atoms with E-state index < -0.39 is 34.4 Å². The average molecular weight is 398 g/mol. The Hall–Kier alpha value is -0.0700. The molecule has 0 aliphatic carbocycles. The van der Waals surface area contributed by atoms with Gasteiger partial charge in [-0.2, -0.15) is 0 Å². The van der Waals surface area contributed by atoms with Crippen molar-refractivity contribution in [2.75, 3.05) is 14.2 Å². The van der Waals surface area contributed by atoms with Crippen LogP contribution in [0.5, 0.6) is 0 Å². The first-order valence-corrected chi connectivity index (χ1v) is 11.6. The van der Waals surface area contributed by atoms with Crippen LogP contribution in [-0.2, 0) is 29.4 Å². The molecule has 0 heterocycles. The van der Waals surface area contributed by atoms with Gasteiger partial charge in [0.05, 0.1) is 15.7 Å². The molecule has 150 valence electrons. The van der Waals surface area contributed by atoms with Crippen LogP contribution in [0.2, 0.25) is 0 Å². The van der Waals surface area contributed by atoms with Gasteiger partial charge in [0.25, 0.3) is 0 Å². The van der Waals surface area contributed by atoms with Crippen LogP contribution < -0.4 is 4.72 Å². The van der Waals surface area contributed by atoms with Gasteiger partial charge in [0.15, 0.2) is 0 Å². The SMILES string of the molecule is CCCCCC[C@](C)(CCC(=O)P(=O)(OC)OC)NS(=O)C(C)(C)C. The number of hydrogen-bond acceptors (Lipinski definition) is 5. The minimum atomic E-state index is -3.70. The lowest BCUT2D eigenvalue weighted by molar-refractivity contribution is -0.114. The Morgan fingerprint density at radius 1 is 1.04 bits per heavy atom. The summed E-state index contributed by atoms with van der Waals surface area (Å²) in [6.45, 7) is 9.84. The molecule has 0 aromatic heterocycles. The zero-order chi connectivity index (χ0) is 19.7. The third kappa shape index (κ3) is 8.91. The fourth-order valence-electron chi connectivity index (χ4n) is 2.34. The van der Waals surface area contributed by atoms with Crippen LogP contribution in [0.1, 0.15) is 79.6 Å². The zero-order valence-corrected chi connectivity index (χ0v) is 18.6. The number of unbranched alkanes of at least 4 members (excludes halogenated alkanes) is 3. The largest absolute Gasteiger partial charge is 0.396 e. The van der Waals surface area contributed by atoms with Crippen molar-refractivity contribution in [2.24, 2.45) is 0 Å². The molecule has 0 rings (SSSR count). The second-order valence-corrected chi connectivity index (χ2v) is 11.8. The third-order valence-electron chi connectivity index (χ3n) is 4.15. The summed E-state index contributed by atoms with van der Waals surface area (Å²) >= 11 is 0. The maximum Gasteiger partial charge on any atom is 0.396 e. The molecular weight excluding hydrogens is 361 g/mol. The van der Waals surface area contributed by atoms with Gasteiger partial charge in [0, 0.05) is 26.2 Å². The monoisotopic (exact) mass is 397 g/mol. The second-order valence-electron chi connectivity index (χ2n) is 7.61. The molecule has 0 aromatic rings. The van der Waals surface area contributed by atoms with E-state index in [1.54, 1.807) is 0 Å². The highest BCUT2D eigenvalue weighted by Gasteiger charge is 2.36. The molecule has 0 aromatic carbocycles. The smallest absolute Gasteiger partial charge is 0.307 e. The summed E-state index contributed by atoms with van der Waals surface area (Å²) in [7, 11) is -2.54. The van der Waals surface area contributed by atoms with Crippen molar-refractivity contribution in [3.63, 3.8) is 0 Å². The molecule has 0 amide bonds. The lowest BCUT2D eigenvalue weighted by Gasteiger charge is -2.33. The van der Waals surface area contributed by atoms with Gasteiger partial charge in [-0.05, 0) is 40.5 Å². The molecule has 1 N–H and O–H groups in total. The summed E-state index contributed by atoms with van der Waals surface area (Å²) in [6.07, 6.45) is 5.65. The van der Waals surface area contributed by atoms with Gasteiger partial charge in [0.1, 0.15) is 0 Å². The molecular formula is C17H36NO5PS. The van der Waals surface area contributed by atoms with E-state index in [0.717, 1.165) is 32.1 Å². The molecule has 0 aliphatic heterocycles. The maximum absolute atomic E-state index is 12.5. The molecule has 1 unspecified atom stereocenters. The molecule has 0 spiro atoms. The lowest BCUT2D eigenvalue weighted by Crippen LogP contribution is -2.48. The first-order chi connectivity index (χ1) is 11.4. The zero-order valence-electron chi connectivity index (χ0n) is 16.8. The lowest BCUT2D eigenvalue weighted by atomic mass is 9.90. The van der Waals surface area contributed by atoms with Crippen LogP contribution >= 0.6 is 7.60 Å². The van der Waals surface area contributed by atoms with Gasteiger partial charge in [-0.1, -0.05) is 32.6 Å². The quantitative estimate of drug-likeness (QED) is 0.364. The second kappa shape index (κ2) is 10.9. The van der Waals surface area contributed by atoms with Gasteiger partial charge < -0.3 is 9.05 Å². The highest BCUT2D eigenvalue weighted by atomic mass is 32.2. The Balaban J connectivity index is 5.03. The Morgan fingerprint density at radius 2 is 1.60 bits per heavy atom. The standard InChI is InChI=1S/C17H36NO5PS/c1-8-9-10-11-13-17(5,18-25(21)16(2,3)4)14-12-15(19)24(20,22-6)23-7/h18H,8-14H2,1-7H3/t17-,25?/m1/s1. The van der Waals surface area contributed by atoms with Crippen molar-refractivity contribution in [1.82, 2.24) is 4.72 Å². The van der Waals surface area contributed by atoms with E-state index in [2.05, 4.69) is 11.6 Å². The summed E-state index contributed by atoms with van der Waals surface area (Å²) in [5, 5.41) is 0. The predicted octanol–water partition coefficient (Wildman–Crippen LogP) is 4.56. The number of rotatable bonds is 13. The van der Waals surface area contributed by atoms with E-state index in [9.17, 15) is 13.6 Å². The molecule has 0 fully saturated rings. The van der Waals surface area contributed by atoms with Gasteiger partial charge >= 0.3 is 7.60 Å². The van der Waals surface area contributed by atoms with Gasteiger partial charge in [-0.3, -0.25) is 9.36 Å². The van der Waals surface area contributed by atoms with Crippen molar-refractivity contribution in [2.45, 2.75) is 89.9 Å². The van der Waals surface area contributed by atoms with E-state index in [1.165, 1.54) is 14.2 Å².